The van der Waals surface area contributed by atoms with Gasteiger partial charge in [0.25, 0.3) is 0 Å². The number of nitrogens with one attached hydrogen (secondary N) is 1. The first kappa shape index (κ1) is 19.6. The number of anilines is 1. The molecule has 32 heavy (non-hydrogen) atoms. The van der Waals surface area contributed by atoms with Gasteiger partial charge in [0, 0.05) is 11.1 Å². The maximum absolute atomic E-state index is 11.4. The Morgan fingerprint density at radius 2 is 1.88 bits per heavy atom. The van der Waals surface area contributed by atoms with Gasteiger partial charge in [0.15, 0.2) is 0 Å². The minimum Gasteiger partial charge on any atom is -0.506 e. The van der Waals surface area contributed by atoms with Crippen LogP contribution in [0.3, 0.4) is 0 Å². The predicted octanol–water partition coefficient (Wildman–Crippen LogP) is 4.54. The normalized spacial score (nSPS) is 11.3. The van der Waals surface area contributed by atoms with E-state index in [2.05, 4.69) is 22.4 Å². The second kappa shape index (κ2) is 7.39. The molecule has 0 spiro atoms. The summed E-state index contributed by atoms with van der Waals surface area (Å²) in [6, 6.07) is 15.6. The Morgan fingerprint density at radius 3 is 2.66 bits per heavy atom. The molecule has 0 fully saturated rings. The number of aromatic nitrogens is 2. The Balaban J connectivity index is 1.95. The third-order valence-corrected chi connectivity index (χ3v) is 5.86. The number of aliphatic carboxylic acids is 1. The van der Waals surface area contributed by atoms with Gasteiger partial charge >= 0.3 is 5.97 Å². The third kappa shape index (κ3) is 2.86. The number of fused-ring (bicyclic) bond motifs is 4. The lowest BCUT2D eigenvalue weighted by molar-refractivity contribution is -0.136. The first-order valence-corrected chi connectivity index (χ1v) is 10.0. The smallest absolute Gasteiger partial charge is 0.307 e. The van der Waals surface area contributed by atoms with Crippen LogP contribution in [0, 0.1) is 6.92 Å². The van der Waals surface area contributed by atoms with Crippen molar-refractivity contribution in [3.8, 4) is 11.4 Å². The lowest BCUT2D eigenvalue weighted by Crippen LogP contribution is -2.06. The molecule has 158 valence electrons. The molecule has 0 unspecified atom stereocenters. The minimum atomic E-state index is -1.02. The van der Waals surface area contributed by atoms with Gasteiger partial charge in [-0.05, 0) is 41.0 Å². The van der Waals surface area contributed by atoms with Gasteiger partial charge in [-0.25, -0.2) is 0 Å². The van der Waals surface area contributed by atoms with Crippen LogP contribution in [0.4, 0.5) is 5.69 Å². The van der Waals surface area contributed by atoms with E-state index in [0.717, 1.165) is 27.5 Å². The fourth-order valence-corrected chi connectivity index (χ4v) is 4.52. The van der Waals surface area contributed by atoms with Gasteiger partial charge in [-0.1, -0.05) is 36.4 Å². The zero-order valence-electron chi connectivity index (χ0n) is 17.2. The Kier molecular flexibility index (Phi) is 4.52. The van der Waals surface area contributed by atoms with Crippen LogP contribution >= 0.6 is 0 Å². The molecule has 1 amide bonds. The molecule has 0 saturated heterocycles. The number of carboxylic acids is 1. The highest BCUT2D eigenvalue weighted by atomic mass is 16.4. The van der Waals surface area contributed by atoms with Crippen LogP contribution in [0.2, 0.25) is 0 Å². The van der Waals surface area contributed by atoms with Gasteiger partial charge in [-0.3, -0.25) is 14.6 Å². The van der Waals surface area contributed by atoms with Gasteiger partial charge in [0.05, 0.1) is 40.9 Å². The van der Waals surface area contributed by atoms with Gasteiger partial charge in [0.1, 0.15) is 5.75 Å². The number of amides is 1. The van der Waals surface area contributed by atoms with Crippen molar-refractivity contribution in [3.63, 3.8) is 0 Å². The molecule has 5 aromatic rings. The number of nitrogens with zero attached hydrogens (tertiary/aromatic N) is 2. The van der Waals surface area contributed by atoms with Crippen molar-refractivity contribution in [2.45, 2.75) is 13.3 Å². The summed E-state index contributed by atoms with van der Waals surface area (Å²) in [5, 5.41) is 26.0. The topological polar surface area (TPSA) is 104 Å². The molecule has 7 heteroatoms. The van der Waals surface area contributed by atoms with E-state index in [1.165, 1.54) is 6.20 Å². The number of carbonyl (C=O) groups is 2. The average Bonchev–Trinajstić information content (AvgIpc) is 3.11. The van der Waals surface area contributed by atoms with E-state index in [-0.39, 0.29) is 12.2 Å². The van der Waals surface area contributed by atoms with E-state index >= 15 is 0 Å². The largest absolute Gasteiger partial charge is 0.506 e. The SMILES string of the molecule is Cc1c(-n2c3cncc(O)c3c3c(NC=O)c(CC(=O)O)ccc32)ccc2ccccc12. The Morgan fingerprint density at radius 1 is 1.06 bits per heavy atom. The Bertz CT molecular complexity index is 1550. The first-order chi connectivity index (χ1) is 15.5. The molecule has 0 saturated carbocycles. The van der Waals surface area contributed by atoms with E-state index in [1.807, 2.05) is 41.8 Å². The predicted molar refractivity (Wildman–Crippen MR) is 124 cm³/mol. The second-order valence-corrected chi connectivity index (χ2v) is 7.65. The van der Waals surface area contributed by atoms with Crippen LogP contribution in [-0.4, -0.2) is 32.1 Å². The van der Waals surface area contributed by atoms with E-state index < -0.39 is 5.97 Å². The fraction of sp³-hybridized carbons (Fsp3) is 0.0800. The summed E-state index contributed by atoms with van der Waals surface area (Å²) in [4.78, 5) is 27.0. The van der Waals surface area contributed by atoms with Crippen LogP contribution in [0.25, 0.3) is 38.3 Å². The highest BCUT2D eigenvalue weighted by Gasteiger charge is 2.22. The molecular weight excluding hydrogens is 406 g/mol. The van der Waals surface area contributed by atoms with Gasteiger partial charge < -0.3 is 20.1 Å². The zero-order valence-corrected chi connectivity index (χ0v) is 17.2. The highest BCUT2D eigenvalue weighted by molar-refractivity contribution is 6.19. The zero-order chi connectivity index (χ0) is 22.4. The Hall–Kier alpha value is -4.39. The number of aryl methyl sites for hydroxylation is 1. The molecule has 0 aliphatic rings. The van der Waals surface area contributed by atoms with Crippen LogP contribution in [0.15, 0.2) is 60.9 Å². The standard InChI is InChI=1S/C25H19N3O4/c1-14-17-5-3-2-4-15(17)6-8-18(14)28-19-9-7-16(10-22(31)32)25(27-13-29)24(19)23-20(28)11-26-12-21(23)30/h2-9,11-13,30H,10H2,1H3,(H,27,29)(H,31,32). The number of carbonyl (C=O) groups excluding carboxylic acids is 1. The maximum atomic E-state index is 11.4. The number of hydrogen-bond acceptors (Lipinski definition) is 4. The lowest BCUT2D eigenvalue weighted by Gasteiger charge is -2.14. The summed E-state index contributed by atoms with van der Waals surface area (Å²) < 4.78 is 1.99. The number of aromatic hydroxyl groups is 1. The monoisotopic (exact) mass is 425 g/mol. The van der Waals surface area contributed by atoms with E-state index in [9.17, 15) is 19.8 Å². The van der Waals surface area contributed by atoms with Gasteiger partial charge in [-0.15, -0.1) is 0 Å². The van der Waals surface area contributed by atoms with Crippen molar-refractivity contribution < 1.29 is 19.8 Å². The minimum absolute atomic E-state index is 0.0499. The first-order valence-electron chi connectivity index (χ1n) is 10.0. The molecule has 2 aromatic heterocycles. The van der Waals surface area contributed by atoms with Crippen molar-refractivity contribution in [2.24, 2.45) is 0 Å². The van der Waals surface area contributed by atoms with Gasteiger partial charge in [-0.2, -0.15) is 0 Å². The number of carboxylic acid groups (broad SMARTS) is 1. The third-order valence-electron chi connectivity index (χ3n) is 5.86. The Labute approximate surface area is 182 Å². The molecule has 7 nitrogen and oxygen atoms in total. The molecular formula is C25H19N3O4. The van der Waals surface area contributed by atoms with Crippen LogP contribution in [0.5, 0.6) is 5.75 Å². The van der Waals surface area contributed by atoms with Crippen molar-refractivity contribution in [1.29, 1.82) is 0 Å². The van der Waals surface area contributed by atoms with Crippen LogP contribution in [-0.2, 0) is 16.0 Å². The van der Waals surface area contributed by atoms with Crippen molar-refractivity contribution in [1.82, 2.24) is 9.55 Å². The number of benzene rings is 3. The number of pyridine rings is 1. The maximum Gasteiger partial charge on any atom is 0.307 e. The second-order valence-electron chi connectivity index (χ2n) is 7.65. The molecule has 5 rings (SSSR count). The van der Waals surface area contributed by atoms with E-state index in [1.54, 1.807) is 12.3 Å². The fourth-order valence-electron chi connectivity index (χ4n) is 4.52. The molecule has 0 bridgehead atoms. The van der Waals surface area contributed by atoms with Crippen molar-refractivity contribution in [3.05, 3.63) is 72.1 Å². The summed E-state index contributed by atoms with van der Waals surface area (Å²) >= 11 is 0. The molecule has 2 heterocycles. The van der Waals surface area contributed by atoms with Crippen LogP contribution in [0.1, 0.15) is 11.1 Å². The number of rotatable bonds is 5. The lowest BCUT2D eigenvalue weighted by atomic mass is 10.0. The average molecular weight is 425 g/mol. The van der Waals surface area contributed by atoms with Crippen molar-refractivity contribution in [2.75, 3.05) is 5.32 Å². The summed E-state index contributed by atoms with van der Waals surface area (Å²) in [6.45, 7) is 2.04. The summed E-state index contributed by atoms with van der Waals surface area (Å²) in [5.74, 6) is -1.07. The van der Waals surface area contributed by atoms with Gasteiger partial charge in [0.2, 0.25) is 6.41 Å². The molecule has 3 N–H and O–H groups in total. The van der Waals surface area contributed by atoms with E-state index in [4.69, 9.17) is 0 Å². The van der Waals surface area contributed by atoms with Crippen LogP contribution < -0.4 is 5.32 Å². The summed E-state index contributed by atoms with van der Waals surface area (Å²) in [5.41, 5.74) is 4.13. The molecule has 3 aromatic carbocycles. The highest BCUT2D eigenvalue weighted by Crippen LogP contribution is 2.42. The van der Waals surface area contributed by atoms with E-state index in [0.29, 0.717) is 34.0 Å². The summed E-state index contributed by atoms with van der Waals surface area (Å²) in [6.07, 6.45) is 3.25. The molecule has 0 aliphatic heterocycles. The summed E-state index contributed by atoms with van der Waals surface area (Å²) in [7, 11) is 0. The molecule has 0 aliphatic carbocycles. The molecule has 0 radical (unpaired) electrons. The number of hydrogen-bond donors (Lipinski definition) is 3. The van der Waals surface area contributed by atoms with Crippen molar-refractivity contribution >= 4 is 50.6 Å². The quantitative estimate of drug-likeness (QED) is 0.359. The molecule has 0 atom stereocenters.